The van der Waals surface area contributed by atoms with Gasteiger partial charge in [-0.05, 0) is 6.42 Å². The van der Waals surface area contributed by atoms with E-state index in [2.05, 4.69) is 4.74 Å². The fraction of sp³-hybridized carbons (Fsp3) is 0.500. The summed E-state index contributed by atoms with van der Waals surface area (Å²) in [4.78, 5) is 31.6. The average Bonchev–Trinajstić information content (AvgIpc) is 2.11. The van der Waals surface area contributed by atoms with E-state index in [1.54, 1.807) is 0 Å². The fourth-order valence-corrected chi connectivity index (χ4v) is 0.846. The van der Waals surface area contributed by atoms with Gasteiger partial charge in [-0.2, -0.15) is 0 Å². The van der Waals surface area contributed by atoms with Gasteiger partial charge in [-0.15, -0.1) is 0 Å². The van der Waals surface area contributed by atoms with Crippen molar-refractivity contribution in [3.63, 3.8) is 0 Å². The molecular formula is C6H7NO5. The van der Waals surface area contributed by atoms with Crippen LogP contribution in [0.3, 0.4) is 0 Å². The third-order valence-corrected chi connectivity index (χ3v) is 1.43. The summed E-state index contributed by atoms with van der Waals surface area (Å²) >= 11 is 0. The summed E-state index contributed by atoms with van der Waals surface area (Å²) in [5.41, 5.74) is 0. The molecule has 0 aliphatic carbocycles. The van der Waals surface area contributed by atoms with Gasteiger partial charge in [0.25, 0.3) is 0 Å². The van der Waals surface area contributed by atoms with E-state index < -0.39 is 24.1 Å². The molecule has 2 N–H and O–H groups in total. The monoisotopic (exact) mass is 173 g/mol. The smallest absolute Gasteiger partial charge is 0.415 e. The summed E-state index contributed by atoms with van der Waals surface area (Å²) in [5, 5.41) is 10.5. The van der Waals surface area contributed by atoms with Crippen molar-refractivity contribution in [1.82, 2.24) is 5.32 Å². The first-order valence-electron chi connectivity index (χ1n) is 3.33. The highest BCUT2D eigenvalue weighted by molar-refractivity contribution is 5.89. The minimum atomic E-state index is -1.17. The quantitative estimate of drug-likeness (QED) is 0.411. The lowest BCUT2D eigenvalue weighted by Crippen LogP contribution is -2.39. The van der Waals surface area contributed by atoms with Gasteiger partial charge in [-0.1, -0.05) is 0 Å². The molecule has 1 amide bonds. The number of cyclic esters (lactones) is 2. The van der Waals surface area contributed by atoms with E-state index in [4.69, 9.17) is 5.11 Å². The Hall–Kier alpha value is -1.59. The predicted octanol–water partition coefficient (Wildman–Crippen LogP) is -0.514. The molecule has 1 fully saturated rings. The maximum Gasteiger partial charge on any atom is 0.415 e. The van der Waals surface area contributed by atoms with Gasteiger partial charge < -0.3 is 15.2 Å². The lowest BCUT2D eigenvalue weighted by molar-refractivity contribution is -0.139. The topological polar surface area (TPSA) is 92.7 Å². The van der Waals surface area contributed by atoms with Gasteiger partial charge in [0.2, 0.25) is 0 Å². The minimum Gasteiger partial charge on any atom is -0.480 e. The molecular weight excluding hydrogens is 166 g/mol. The Balaban J connectivity index is 2.64. The van der Waals surface area contributed by atoms with Crippen molar-refractivity contribution >= 4 is 18.0 Å². The molecule has 1 aliphatic heterocycles. The normalized spacial score (nSPS) is 23.8. The van der Waals surface area contributed by atoms with E-state index in [1.807, 2.05) is 5.32 Å². The first-order valence-corrected chi connectivity index (χ1v) is 3.33. The molecule has 6 nitrogen and oxygen atoms in total. The first-order chi connectivity index (χ1) is 5.59. The van der Waals surface area contributed by atoms with E-state index >= 15 is 0 Å². The largest absolute Gasteiger partial charge is 0.480 e. The van der Waals surface area contributed by atoms with Crippen LogP contribution in [0.2, 0.25) is 0 Å². The molecule has 0 saturated carbocycles. The van der Waals surface area contributed by atoms with Crippen molar-refractivity contribution in [1.29, 1.82) is 0 Å². The van der Waals surface area contributed by atoms with Crippen LogP contribution in [0, 0.1) is 0 Å². The van der Waals surface area contributed by atoms with E-state index in [0.29, 0.717) is 0 Å². The van der Waals surface area contributed by atoms with Crippen LogP contribution in [0.1, 0.15) is 12.8 Å². The van der Waals surface area contributed by atoms with Crippen LogP contribution in [0.15, 0.2) is 0 Å². The average molecular weight is 173 g/mol. The van der Waals surface area contributed by atoms with Gasteiger partial charge in [0.05, 0.1) is 0 Å². The number of carbonyl (C=O) groups excluding carboxylic acids is 2. The molecule has 0 aromatic heterocycles. The Morgan fingerprint density at radius 2 is 2.25 bits per heavy atom. The van der Waals surface area contributed by atoms with Gasteiger partial charge in [0, 0.05) is 6.42 Å². The second-order valence-corrected chi connectivity index (χ2v) is 2.34. The number of rotatable bonds is 1. The van der Waals surface area contributed by atoms with Crippen molar-refractivity contribution in [2.24, 2.45) is 0 Å². The van der Waals surface area contributed by atoms with Gasteiger partial charge in [-0.3, -0.25) is 4.79 Å². The number of amides is 1. The zero-order chi connectivity index (χ0) is 9.14. The molecule has 1 rings (SSSR count). The maximum atomic E-state index is 10.6. The van der Waals surface area contributed by atoms with Crippen molar-refractivity contribution in [2.75, 3.05) is 0 Å². The number of carboxylic acids is 1. The Bertz CT molecular complexity index is 236. The number of aliphatic carboxylic acids is 1. The molecule has 1 unspecified atom stereocenters. The number of carboxylic acid groups (broad SMARTS) is 1. The van der Waals surface area contributed by atoms with Crippen molar-refractivity contribution in [3.05, 3.63) is 0 Å². The Morgan fingerprint density at radius 1 is 1.58 bits per heavy atom. The van der Waals surface area contributed by atoms with E-state index in [1.165, 1.54) is 0 Å². The highest BCUT2D eigenvalue weighted by Crippen LogP contribution is 2.04. The fourth-order valence-electron chi connectivity index (χ4n) is 0.846. The number of hydrogen-bond donors (Lipinski definition) is 2. The zero-order valence-corrected chi connectivity index (χ0v) is 6.07. The van der Waals surface area contributed by atoms with Crippen LogP contribution in [-0.4, -0.2) is 29.2 Å². The Kier molecular flexibility index (Phi) is 2.27. The molecule has 66 valence electrons. The van der Waals surface area contributed by atoms with Gasteiger partial charge in [0.15, 0.2) is 0 Å². The molecule has 1 heterocycles. The second kappa shape index (κ2) is 3.21. The molecule has 12 heavy (non-hydrogen) atoms. The molecule has 1 saturated heterocycles. The molecule has 0 radical (unpaired) electrons. The third kappa shape index (κ3) is 1.94. The third-order valence-electron chi connectivity index (χ3n) is 1.43. The molecule has 1 atom stereocenters. The molecule has 0 aromatic carbocycles. The highest BCUT2D eigenvalue weighted by atomic mass is 16.6. The summed E-state index contributed by atoms with van der Waals surface area (Å²) in [6.45, 7) is 0. The number of carbonyl (C=O) groups is 3. The maximum absolute atomic E-state index is 10.6. The molecule has 1 aliphatic rings. The van der Waals surface area contributed by atoms with Gasteiger partial charge >= 0.3 is 18.0 Å². The first kappa shape index (κ1) is 8.51. The number of nitrogens with one attached hydrogen (secondary N) is 1. The van der Waals surface area contributed by atoms with Gasteiger partial charge in [0.1, 0.15) is 6.04 Å². The van der Waals surface area contributed by atoms with Crippen LogP contribution in [0.25, 0.3) is 0 Å². The highest BCUT2D eigenvalue weighted by Gasteiger charge is 2.26. The van der Waals surface area contributed by atoms with Crippen LogP contribution in [0.5, 0.6) is 0 Å². The second-order valence-electron chi connectivity index (χ2n) is 2.34. The summed E-state index contributed by atoms with van der Waals surface area (Å²) in [5.74, 6) is -1.86. The summed E-state index contributed by atoms with van der Waals surface area (Å²) in [6.07, 6.45) is -0.986. The van der Waals surface area contributed by atoms with Crippen LogP contribution < -0.4 is 5.32 Å². The molecule has 0 spiro atoms. The Labute approximate surface area is 67.5 Å². The van der Waals surface area contributed by atoms with Crippen LogP contribution >= 0.6 is 0 Å². The number of ether oxygens (including phenoxy) is 1. The molecule has 6 heteroatoms. The van der Waals surface area contributed by atoms with E-state index in [0.717, 1.165) is 0 Å². The van der Waals surface area contributed by atoms with Crippen LogP contribution in [0.4, 0.5) is 4.79 Å². The zero-order valence-electron chi connectivity index (χ0n) is 6.07. The SMILES string of the molecule is O=C1CCC(C(=O)O)NC(=O)O1. The van der Waals surface area contributed by atoms with Crippen molar-refractivity contribution in [2.45, 2.75) is 18.9 Å². The minimum absolute atomic E-state index is 0.0598. The summed E-state index contributed by atoms with van der Waals surface area (Å²) < 4.78 is 4.14. The van der Waals surface area contributed by atoms with Crippen LogP contribution in [-0.2, 0) is 14.3 Å². The van der Waals surface area contributed by atoms with E-state index in [-0.39, 0.29) is 12.8 Å². The number of hydrogen-bond acceptors (Lipinski definition) is 4. The lowest BCUT2D eigenvalue weighted by atomic mass is 10.2. The summed E-state index contributed by atoms with van der Waals surface area (Å²) in [6, 6.07) is -1.02. The molecule has 0 bridgehead atoms. The molecule has 0 aromatic rings. The number of alkyl carbamates (subject to hydrolysis) is 1. The Morgan fingerprint density at radius 3 is 2.83 bits per heavy atom. The van der Waals surface area contributed by atoms with E-state index in [9.17, 15) is 14.4 Å². The standard InChI is InChI=1S/C6H7NO5/c8-4-2-1-3(5(9)10)7-6(11)12-4/h3H,1-2H2,(H,7,11)(H,9,10). The number of esters is 1. The van der Waals surface area contributed by atoms with Crippen molar-refractivity contribution < 1.29 is 24.2 Å². The van der Waals surface area contributed by atoms with Gasteiger partial charge in [-0.25, -0.2) is 9.59 Å². The van der Waals surface area contributed by atoms with Crippen molar-refractivity contribution in [3.8, 4) is 0 Å². The lowest BCUT2D eigenvalue weighted by Gasteiger charge is -2.06. The predicted molar refractivity (Wildman–Crippen MR) is 35.3 cm³/mol. The summed E-state index contributed by atoms with van der Waals surface area (Å²) in [7, 11) is 0.